The summed E-state index contributed by atoms with van der Waals surface area (Å²) in [5.41, 5.74) is 1.44. The van der Waals surface area contributed by atoms with Gasteiger partial charge in [0.1, 0.15) is 11.5 Å². The van der Waals surface area contributed by atoms with Crippen LogP contribution in [0.15, 0.2) is 12.1 Å². The molecule has 0 heterocycles. The number of alkyl halides is 1. The molecule has 0 amide bonds. The Morgan fingerprint density at radius 3 is 2.07 bits per heavy atom. The van der Waals surface area contributed by atoms with Crippen molar-refractivity contribution in [2.24, 2.45) is 0 Å². The zero-order valence-electron chi connectivity index (χ0n) is 8.00. The van der Waals surface area contributed by atoms with E-state index in [1.807, 2.05) is 12.1 Å². The van der Waals surface area contributed by atoms with E-state index in [-0.39, 0.29) is 0 Å². The van der Waals surface area contributed by atoms with Crippen LogP contribution in [0.3, 0.4) is 0 Å². The summed E-state index contributed by atoms with van der Waals surface area (Å²) in [5.74, 6) is 1.10. The van der Waals surface area contributed by atoms with Crippen LogP contribution in [-0.2, 0) is 5.33 Å². The van der Waals surface area contributed by atoms with Crippen molar-refractivity contribution < 1.29 is 9.47 Å². The summed E-state index contributed by atoms with van der Waals surface area (Å²) < 4.78 is 10.2. The Morgan fingerprint density at radius 2 is 1.79 bits per heavy atom. The molecule has 0 fully saturated rings. The molecule has 4 heteroatoms. The SMILES string of the molecule is [C-]#[N+]c1c(OC)cc(CBr)cc1OC. The average molecular weight is 256 g/mol. The number of benzene rings is 1. The maximum atomic E-state index is 7.01. The van der Waals surface area contributed by atoms with Gasteiger partial charge in [-0.15, -0.1) is 0 Å². The van der Waals surface area contributed by atoms with Crippen LogP contribution in [0.25, 0.3) is 4.85 Å². The van der Waals surface area contributed by atoms with E-state index in [0.29, 0.717) is 22.5 Å². The summed E-state index contributed by atoms with van der Waals surface area (Å²) in [5, 5.41) is 0.706. The van der Waals surface area contributed by atoms with Gasteiger partial charge in [0.05, 0.1) is 20.8 Å². The third-order valence-electron chi connectivity index (χ3n) is 1.81. The molecule has 0 saturated carbocycles. The Kier molecular flexibility index (Phi) is 3.78. The fourth-order valence-corrected chi connectivity index (χ4v) is 1.46. The molecule has 0 spiro atoms. The molecule has 0 radical (unpaired) electrons. The van der Waals surface area contributed by atoms with E-state index >= 15 is 0 Å². The Bertz CT molecular complexity index is 346. The molecular formula is C10H10BrNO2. The summed E-state index contributed by atoms with van der Waals surface area (Å²) in [6.07, 6.45) is 0. The molecule has 1 rings (SSSR count). The number of nitrogens with zero attached hydrogens (tertiary/aromatic N) is 1. The van der Waals surface area contributed by atoms with Crippen molar-refractivity contribution >= 4 is 21.6 Å². The summed E-state index contributed by atoms with van der Waals surface area (Å²) in [6, 6.07) is 3.65. The summed E-state index contributed by atoms with van der Waals surface area (Å²) >= 11 is 3.34. The highest BCUT2D eigenvalue weighted by Crippen LogP contribution is 2.38. The van der Waals surface area contributed by atoms with Crippen LogP contribution in [0.1, 0.15) is 5.56 Å². The Labute approximate surface area is 91.6 Å². The molecule has 3 nitrogen and oxygen atoms in total. The van der Waals surface area contributed by atoms with Gasteiger partial charge in [-0.05, 0) is 17.7 Å². The second kappa shape index (κ2) is 4.87. The van der Waals surface area contributed by atoms with Crippen molar-refractivity contribution in [2.45, 2.75) is 5.33 Å². The minimum atomic E-state index is 0.416. The van der Waals surface area contributed by atoms with Crippen molar-refractivity contribution in [1.29, 1.82) is 0 Å². The van der Waals surface area contributed by atoms with Crippen molar-refractivity contribution in [2.75, 3.05) is 14.2 Å². The van der Waals surface area contributed by atoms with E-state index in [4.69, 9.17) is 16.0 Å². The van der Waals surface area contributed by atoms with Gasteiger partial charge < -0.3 is 9.47 Å². The minimum absolute atomic E-state index is 0.416. The highest BCUT2D eigenvalue weighted by atomic mass is 79.9. The first kappa shape index (κ1) is 10.9. The van der Waals surface area contributed by atoms with Gasteiger partial charge in [-0.2, -0.15) is 0 Å². The predicted octanol–water partition coefficient (Wildman–Crippen LogP) is 3.15. The second-order valence-electron chi connectivity index (χ2n) is 2.59. The van der Waals surface area contributed by atoms with Crippen molar-refractivity contribution in [3.05, 3.63) is 29.1 Å². The largest absolute Gasteiger partial charge is 0.508 e. The third kappa shape index (κ3) is 1.99. The summed E-state index contributed by atoms with van der Waals surface area (Å²) in [6.45, 7) is 7.01. The van der Waals surface area contributed by atoms with Crippen LogP contribution in [0.5, 0.6) is 11.5 Å². The number of ether oxygens (including phenoxy) is 2. The normalized spacial score (nSPS) is 9.29. The van der Waals surface area contributed by atoms with Gasteiger partial charge in [0, 0.05) is 5.33 Å². The van der Waals surface area contributed by atoms with E-state index in [0.717, 1.165) is 5.56 Å². The van der Waals surface area contributed by atoms with Crippen molar-refractivity contribution in [1.82, 2.24) is 0 Å². The van der Waals surface area contributed by atoms with E-state index < -0.39 is 0 Å². The van der Waals surface area contributed by atoms with Gasteiger partial charge in [-0.3, -0.25) is 0 Å². The third-order valence-corrected chi connectivity index (χ3v) is 2.45. The molecule has 0 saturated heterocycles. The maximum absolute atomic E-state index is 7.01. The lowest BCUT2D eigenvalue weighted by Gasteiger charge is -2.09. The lowest BCUT2D eigenvalue weighted by molar-refractivity contribution is 0.398. The van der Waals surface area contributed by atoms with E-state index in [9.17, 15) is 0 Å². The van der Waals surface area contributed by atoms with Crippen LogP contribution in [0, 0.1) is 6.57 Å². The van der Waals surface area contributed by atoms with Crippen LogP contribution >= 0.6 is 15.9 Å². The zero-order valence-corrected chi connectivity index (χ0v) is 9.59. The molecule has 1 aromatic carbocycles. The average Bonchev–Trinajstić information content (AvgIpc) is 2.26. The topological polar surface area (TPSA) is 22.8 Å². The first-order valence-electron chi connectivity index (χ1n) is 3.95. The second-order valence-corrected chi connectivity index (χ2v) is 3.16. The highest BCUT2D eigenvalue weighted by molar-refractivity contribution is 9.08. The number of halogens is 1. The van der Waals surface area contributed by atoms with Crippen molar-refractivity contribution in [3.63, 3.8) is 0 Å². The van der Waals surface area contributed by atoms with Crippen molar-refractivity contribution in [3.8, 4) is 11.5 Å². The van der Waals surface area contributed by atoms with Gasteiger partial charge in [0.15, 0.2) is 0 Å². The summed E-state index contributed by atoms with van der Waals surface area (Å²) in [7, 11) is 3.09. The Morgan fingerprint density at radius 1 is 1.29 bits per heavy atom. The van der Waals surface area contributed by atoms with Crippen LogP contribution in [0.4, 0.5) is 5.69 Å². The molecule has 0 aliphatic rings. The standard InChI is InChI=1S/C10H10BrNO2/c1-12-10-8(13-2)4-7(6-11)5-9(10)14-3/h4-5H,6H2,2-3H3. The van der Waals surface area contributed by atoms with Gasteiger partial charge >= 0.3 is 0 Å². The summed E-state index contributed by atoms with van der Waals surface area (Å²) in [4.78, 5) is 3.37. The fourth-order valence-electron chi connectivity index (χ4n) is 1.14. The molecule has 0 aliphatic heterocycles. The van der Waals surface area contributed by atoms with Crippen LogP contribution < -0.4 is 9.47 Å². The fraction of sp³-hybridized carbons (Fsp3) is 0.300. The highest BCUT2D eigenvalue weighted by Gasteiger charge is 2.11. The van der Waals surface area contributed by atoms with Gasteiger partial charge in [-0.25, -0.2) is 4.85 Å². The molecule has 0 bridgehead atoms. The first-order valence-corrected chi connectivity index (χ1v) is 5.07. The molecule has 0 atom stereocenters. The van der Waals surface area contributed by atoms with Crippen LogP contribution in [0.2, 0.25) is 0 Å². The predicted molar refractivity (Wildman–Crippen MR) is 58.4 cm³/mol. The molecule has 1 aromatic rings. The Hall–Kier alpha value is -1.21. The lowest BCUT2D eigenvalue weighted by atomic mass is 10.2. The molecule has 0 aliphatic carbocycles. The van der Waals surface area contributed by atoms with E-state index in [1.165, 1.54) is 0 Å². The first-order chi connectivity index (χ1) is 6.76. The van der Waals surface area contributed by atoms with Gasteiger partial charge in [0.2, 0.25) is 0 Å². The van der Waals surface area contributed by atoms with E-state index in [1.54, 1.807) is 14.2 Å². The maximum Gasteiger partial charge on any atom is 0.268 e. The molecular weight excluding hydrogens is 246 g/mol. The van der Waals surface area contributed by atoms with Gasteiger partial charge in [0.25, 0.3) is 5.69 Å². The zero-order chi connectivity index (χ0) is 10.6. The quantitative estimate of drug-likeness (QED) is 0.612. The smallest absolute Gasteiger partial charge is 0.268 e. The minimum Gasteiger partial charge on any atom is -0.508 e. The Balaban J connectivity index is 3.34. The van der Waals surface area contributed by atoms with E-state index in [2.05, 4.69) is 20.8 Å². The monoisotopic (exact) mass is 255 g/mol. The number of hydrogen-bond acceptors (Lipinski definition) is 2. The molecule has 0 N–H and O–H groups in total. The lowest BCUT2D eigenvalue weighted by Crippen LogP contribution is -1.90. The van der Waals surface area contributed by atoms with Gasteiger partial charge in [-0.1, -0.05) is 15.9 Å². The molecule has 0 aromatic heterocycles. The number of methoxy groups -OCH3 is 2. The molecule has 0 unspecified atom stereocenters. The molecule has 14 heavy (non-hydrogen) atoms. The van der Waals surface area contributed by atoms with Crippen LogP contribution in [-0.4, -0.2) is 14.2 Å². The number of rotatable bonds is 3. The number of hydrogen-bond donors (Lipinski definition) is 0. The molecule has 74 valence electrons.